The monoisotopic (exact) mass is 689 g/mol. The molecule has 0 radical (unpaired) electrons. The summed E-state index contributed by atoms with van der Waals surface area (Å²) in [5.41, 5.74) is -0.901. The first-order chi connectivity index (χ1) is 22.4. The van der Waals surface area contributed by atoms with Gasteiger partial charge in [0.2, 0.25) is 11.8 Å². The average molecular weight is 689 g/mol. The standard InChI is InChI=1S/C20H37N3O2.C19H35N3O2/c1-14-11-13-21-16(14)18(25)22-12-9-8-10-15(23-20(5,6)7)17(24)19(2,3)4;1-18(2,3)16(23)14(22-19(4,5)6)10-7-8-12-21-17(24)15-11-9-13-20-15/h13-16,23H,8-12H2,1-7H3,(H,22,25);13-15,22H,7-12H2,1-6H3,(H,21,24). The summed E-state index contributed by atoms with van der Waals surface area (Å²) in [6, 6.07) is -0.698. The predicted octanol–water partition coefficient (Wildman–Crippen LogP) is 6.00. The van der Waals surface area contributed by atoms with Crippen LogP contribution in [0.5, 0.6) is 0 Å². The van der Waals surface area contributed by atoms with Crippen molar-refractivity contribution in [2.75, 3.05) is 13.1 Å². The zero-order valence-corrected chi connectivity index (χ0v) is 33.3. The second-order valence-corrected chi connectivity index (χ2v) is 18.1. The van der Waals surface area contributed by atoms with Crippen molar-refractivity contribution in [2.24, 2.45) is 26.7 Å². The molecule has 0 bridgehead atoms. The molecule has 0 spiro atoms. The summed E-state index contributed by atoms with van der Waals surface area (Å²) in [5.74, 6) is 0.849. The Bertz CT molecular complexity index is 1120. The van der Waals surface area contributed by atoms with Crippen LogP contribution in [0.3, 0.4) is 0 Å². The molecule has 282 valence electrons. The Labute approximate surface area is 298 Å². The molecule has 0 aromatic carbocycles. The lowest BCUT2D eigenvalue weighted by atomic mass is 9.84. The molecule has 10 nitrogen and oxygen atoms in total. The van der Waals surface area contributed by atoms with Crippen molar-refractivity contribution < 1.29 is 19.2 Å². The van der Waals surface area contributed by atoms with E-state index in [2.05, 4.69) is 79.7 Å². The van der Waals surface area contributed by atoms with Gasteiger partial charge in [0, 0.05) is 41.2 Å². The van der Waals surface area contributed by atoms with Gasteiger partial charge in [-0.3, -0.25) is 29.2 Å². The number of nitrogens with zero attached hydrogens (tertiary/aromatic N) is 2. The molecule has 2 amide bonds. The molecule has 0 aromatic rings. The number of aliphatic imine (C=N–C) groups is 2. The number of hydrogen-bond donors (Lipinski definition) is 4. The maximum Gasteiger partial charge on any atom is 0.245 e. The molecule has 2 aliphatic rings. The van der Waals surface area contributed by atoms with Crippen molar-refractivity contribution in [1.29, 1.82) is 0 Å². The van der Waals surface area contributed by atoms with E-state index in [1.807, 2.05) is 54.0 Å². The van der Waals surface area contributed by atoms with Crippen molar-refractivity contribution in [1.82, 2.24) is 21.3 Å². The van der Waals surface area contributed by atoms with Gasteiger partial charge >= 0.3 is 0 Å². The number of carbonyl (C=O) groups is 4. The molecule has 10 heteroatoms. The maximum atomic E-state index is 12.7. The summed E-state index contributed by atoms with van der Waals surface area (Å²) in [5, 5.41) is 12.8. The SMILES string of the molecule is CC(C)(C)NC(CCCCNC(=O)C1CCC=N1)C(=O)C(C)(C)C.CC1CC=NC1C(=O)NCCCCC(NC(C)(C)C)C(=O)C(C)(C)C. The van der Waals surface area contributed by atoms with Crippen molar-refractivity contribution in [2.45, 2.75) is 183 Å². The summed E-state index contributed by atoms with van der Waals surface area (Å²) in [4.78, 5) is 57.7. The molecule has 0 aliphatic carbocycles. The number of Topliss-reactive ketones (excluding diaryl/α,β-unsaturated/α-hetero) is 2. The minimum Gasteiger partial charge on any atom is -0.354 e. The number of nitrogens with one attached hydrogen (secondary N) is 4. The summed E-state index contributed by atoms with van der Waals surface area (Å²) >= 11 is 0. The van der Waals surface area contributed by atoms with Crippen LogP contribution in [-0.2, 0) is 19.2 Å². The van der Waals surface area contributed by atoms with Crippen LogP contribution in [0.25, 0.3) is 0 Å². The van der Waals surface area contributed by atoms with E-state index >= 15 is 0 Å². The minimum atomic E-state index is -0.353. The van der Waals surface area contributed by atoms with E-state index in [9.17, 15) is 19.2 Å². The first-order valence-corrected chi connectivity index (χ1v) is 18.6. The first kappa shape index (κ1) is 44.6. The van der Waals surface area contributed by atoms with Gasteiger partial charge in [0.25, 0.3) is 0 Å². The second kappa shape index (κ2) is 19.8. The Morgan fingerprint density at radius 1 is 0.653 bits per heavy atom. The number of amides is 2. The molecular formula is C39H72N6O4. The van der Waals surface area contributed by atoms with E-state index in [-0.39, 0.29) is 69.5 Å². The minimum absolute atomic E-state index is 0.0244. The second-order valence-electron chi connectivity index (χ2n) is 18.1. The Hall–Kier alpha value is -2.46. The lowest BCUT2D eigenvalue weighted by Gasteiger charge is -2.32. The molecule has 0 fully saturated rings. The zero-order valence-electron chi connectivity index (χ0n) is 33.3. The molecule has 5 atom stereocenters. The molecule has 2 aliphatic heterocycles. The fourth-order valence-electron chi connectivity index (χ4n) is 5.87. The van der Waals surface area contributed by atoms with E-state index in [4.69, 9.17) is 0 Å². The summed E-state index contributed by atoms with van der Waals surface area (Å²) < 4.78 is 0. The van der Waals surface area contributed by atoms with Gasteiger partial charge in [0.05, 0.1) is 12.1 Å². The van der Waals surface area contributed by atoms with E-state index in [0.717, 1.165) is 57.8 Å². The maximum absolute atomic E-state index is 12.7. The summed E-state index contributed by atoms with van der Waals surface area (Å²) in [6.07, 6.45) is 11.4. The third-order valence-electron chi connectivity index (χ3n) is 8.47. The van der Waals surface area contributed by atoms with E-state index in [1.54, 1.807) is 0 Å². The molecule has 5 unspecified atom stereocenters. The third-order valence-corrected chi connectivity index (χ3v) is 8.47. The third kappa shape index (κ3) is 18.4. The number of carbonyl (C=O) groups excluding carboxylic acids is 4. The van der Waals surface area contributed by atoms with Crippen LogP contribution in [0.1, 0.15) is 148 Å². The fourth-order valence-corrected chi connectivity index (χ4v) is 5.87. The van der Waals surface area contributed by atoms with Crippen molar-refractivity contribution in [3.05, 3.63) is 0 Å². The molecule has 2 rings (SSSR count). The van der Waals surface area contributed by atoms with Crippen LogP contribution >= 0.6 is 0 Å². The van der Waals surface area contributed by atoms with E-state index in [1.165, 1.54) is 0 Å². The molecule has 0 aromatic heterocycles. The van der Waals surface area contributed by atoms with Gasteiger partial charge in [-0.25, -0.2) is 0 Å². The Balaban J connectivity index is 0.000000490. The van der Waals surface area contributed by atoms with Gasteiger partial charge in [-0.15, -0.1) is 0 Å². The number of ketones is 2. The smallest absolute Gasteiger partial charge is 0.245 e. The highest BCUT2D eigenvalue weighted by Gasteiger charge is 2.33. The predicted molar refractivity (Wildman–Crippen MR) is 204 cm³/mol. The van der Waals surface area contributed by atoms with Gasteiger partial charge in [-0.05, 0) is 111 Å². The Morgan fingerprint density at radius 3 is 1.45 bits per heavy atom. The van der Waals surface area contributed by atoms with Crippen LogP contribution in [-0.4, -0.2) is 84.1 Å². The summed E-state index contributed by atoms with van der Waals surface area (Å²) in [6.45, 7) is 27.6. The van der Waals surface area contributed by atoms with Gasteiger partial charge in [-0.2, -0.15) is 0 Å². The highest BCUT2D eigenvalue weighted by Crippen LogP contribution is 2.23. The number of hydrogen-bond acceptors (Lipinski definition) is 8. The van der Waals surface area contributed by atoms with Crippen molar-refractivity contribution in [3.8, 4) is 0 Å². The molecule has 49 heavy (non-hydrogen) atoms. The van der Waals surface area contributed by atoms with Gasteiger partial charge in [0.1, 0.15) is 12.1 Å². The highest BCUT2D eigenvalue weighted by molar-refractivity contribution is 5.89. The molecule has 0 saturated carbocycles. The average Bonchev–Trinajstić information content (AvgIpc) is 3.65. The number of rotatable bonds is 16. The van der Waals surface area contributed by atoms with E-state index in [0.29, 0.717) is 19.0 Å². The fraction of sp³-hybridized carbons (Fsp3) is 0.846. The van der Waals surface area contributed by atoms with Crippen LogP contribution in [0.4, 0.5) is 0 Å². The first-order valence-electron chi connectivity index (χ1n) is 18.6. The molecule has 0 saturated heterocycles. The molecule has 4 N–H and O–H groups in total. The normalized spacial score (nSPS) is 20.7. The lowest BCUT2D eigenvalue weighted by Crippen LogP contribution is -2.50. The highest BCUT2D eigenvalue weighted by atomic mass is 16.2. The summed E-state index contributed by atoms with van der Waals surface area (Å²) in [7, 11) is 0. The van der Waals surface area contributed by atoms with Crippen LogP contribution in [0.2, 0.25) is 0 Å². The number of unbranched alkanes of at least 4 members (excludes halogenated alkanes) is 2. The molecular weight excluding hydrogens is 616 g/mol. The largest absolute Gasteiger partial charge is 0.354 e. The topological polar surface area (TPSA) is 141 Å². The molecule has 2 heterocycles. The van der Waals surface area contributed by atoms with Crippen LogP contribution < -0.4 is 21.3 Å². The lowest BCUT2D eigenvalue weighted by molar-refractivity contribution is -0.129. The Kier molecular flexibility index (Phi) is 18.0. The van der Waals surface area contributed by atoms with Crippen LogP contribution in [0.15, 0.2) is 9.98 Å². The van der Waals surface area contributed by atoms with Gasteiger partial charge in [-0.1, -0.05) is 48.5 Å². The van der Waals surface area contributed by atoms with Gasteiger partial charge in [0.15, 0.2) is 11.6 Å². The van der Waals surface area contributed by atoms with Crippen LogP contribution in [0, 0.1) is 16.7 Å². The van der Waals surface area contributed by atoms with Crippen molar-refractivity contribution in [3.63, 3.8) is 0 Å². The Morgan fingerprint density at radius 2 is 1.10 bits per heavy atom. The van der Waals surface area contributed by atoms with Gasteiger partial charge < -0.3 is 21.3 Å². The quantitative estimate of drug-likeness (QED) is 0.147. The van der Waals surface area contributed by atoms with Crippen molar-refractivity contribution >= 4 is 35.8 Å². The zero-order chi connectivity index (χ0) is 37.6. The van der Waals surface area contributed by atoms with E-state index < -0.39 is 0 Å².